The molecule has 0 bridgehead atoms. The van der Waals surface area contributed by atoms with Crippen LogP contribution in [0.4, 0.5) is 4.79 Å². The van der Waals surface area contributed by atoms with Gasteiger partial charge in [-0.3, -0.25) is 14.9 Å². The number of amides is 3. The minimum atomic E-state index is -0.567. The van der Waals surface area contributed by atoms with Crippen molar-refractivity contribution in [1.29, 1.82) is 0 Å². The van der Waals surface area contributed by atoms with Crippen LogP contribution in [-0.4, -0.2) is 33.2 Å². The van der Waals surface area contributed by atoms with Crippen molar-refractivity contribution in [3.63, 3.8) is 0 Å². The second kappa shape index (κ2) is 7.79. The zero-order valence-corrected chi connectivity index (χ0v) is 16.6. The molecule has 0 spiro atoms. The van der Waals surface area contributed by atoms with Crippen LogP contribution in [0.15, 0.2) is 9.95 Å². The van der Waals surface area contributed by atoms with Crippen LogP contribution in [-0.2, 0) is 17.6 Å². The fraction of sp³-hybridized carbons (Fsp3) is 0.529. The van der Waals surface area contributed by atoms with Crippen LogP contribution >= 0.6 is 23.1 Å². The predicted molar refractivity (Wildman–Crippen MR) is 104 cm³/mol. The average molecular weight is 395 g/mol. The van der Waals surface area contributed by atoms with Crippen molar-refractivity contribution < 1.29 is 9.59 Å². The van der Waals surface area contributed by atoms with Gasteiger partial charge in [-0.2, -0.15) is 0 Å². The monoisotopic (exact) mass is 394 g/mol. The molecular weight excluding hydrogens is 372 g/mol. The highest BCUT2D eigenvalue weighted by molar-refractivity contribution is 8.00. The van der Waals surface area contributed by atoms with Crippen LogP contribution in [0.2, 0.25) is 0 Å². The van der Waals surface area contributed by atoms with Gasteiger partial charge in [0.25, 0.3) is 5.56 Å². The van der Waals surface area contributed by atoms with E-state index in [0.717, 1.165) is 47.8 Å². The largest absolute Gasteiger partial charge is 0.336 e. The van der Waals surface area contributed by atoms with Gasteiger partial charge in [-0.15, -0.1) is 11.3 Å². The van der Waals surface area contributed by atoms with Crippen LogP contribution in [0.3, 0.4) is 0 Å². The Bertz CT molecular complexity index is 903. The van der Waals surface area contributed by atoms with Crippen LogP contribution in [0.1, 0.15) is 44.1 Å². The van der Waals surface area contributed by atoms with Crippen molar-refractivity contribution >= 4 is 45.3 Å². The summed E-state index contributed by atoms with van der Waals surface area (Å²) in [5.41, 5.74) is 0.986. The van der Waals surface area contributed by atoms with Crippen LogP contribution < -0.4 is 16.2 Å². The van der Waals surface area contributed by atoms with E-state index in [9.17, 15) is 14.4 Å². The van der Waals surface area contributed by atoms with Gasteiger partial charge >= 0.3 is 6.03 Å². The Morgan fingerprint density at radius 1 is 1.23 bits per heavy atom. The lowest BCUT2D eigenvalue weighted by Crippen LogP contribution is -2.45. The maximum absolute atomic E-state index is 12.5. The third kappa shape index (κ3) is 4.09. The predicted octanol–water partition coefficient (Wildman–Crippen LogP) is 2.58. The highest BCUT2D eigenvalue weighted by Crippen LogP contribution is 2.34. The number of fused-ring (bicyclic) bond motifs is 3. The Labute approximate surface area is 159 Å². The standard InChI is InChI=1S/C17H22N4O3S2/c1-8(2)18-16(24)19-13(22)9(3)25-17-20-14(23)12-10-6-4-5-7-11(10)26-15(12)21-17/h8-9H,4-7H2,1-3H3,(H,20,21,23)(H2,18,19,22,24). The van der Waals surface area contributed by atoms with Crippen molar-refractivity contribution in [2.75, 3.05) is 0 Å². The number of hydrogen-bond acceptors (Lipinski definition) is 6. The number of carbonyl (C=O) groups excluding carboxylic acids is 2. The molecule has 1 atom stereocenters. The molecule has 0 radical (unpaired) electrons. The zero-order valence-electron chi connectivity index (χ0n) is 15.0. The maximum Gasteiger partial charge on any atom is 0.321 e. The van der Waals surface area contributed by atoms with Gasteiger partial charge in [0.05, 0.1) is 10.6 Å². The summed E-state index contributed by atoms with van der Waals surface area (Å²) in [5, 5.41) is 5.42. The summed E-state index contributed by atoms with van der Waals surface area (Å²) >= 11 is 2.71. The molecular formula is C17H22N4O3S2. The van der Waals surface area contributed by atoms with E-state index in [0.29, 0.717) is 10.5 Å². The van der Waals surface area contributed by atoms with E-state index in [2.05, 4.69) is 20.6 Å². The van der Waals surface area contributed by atoms with E-state index in [1.165, 1.54) is 4.88 Å². The van der Waals surface area contributed by atoms with Gasteiger partial charge < -0.3 is 10.3 Å². The molecule has 0 saturated carbocycles. The van der Waals surface area contributed by atoms with E-state index in [1.807, 2.05) is 13.8 Å². The van der Waals surface area contributed by atoms with Crippen molar-refractivity contribution in [1.82, 2.24) is 20.6 Å². The average Bonchev–Trinajstić information content (AvgIpc) is 2.92. The second-order valence-corrected chi connectivity index (χ2v) is 9.05. The highest BCUT2D eigenvalue weighted by atomic mass is 32.2. The summed E-state index contributed by atoms with van der Waals surface area (Å²) in [6.07, 6.45) is 4.18. The Hall–Kier alpha value is -1.87. The molecule has 1 aliphatic carbocycles. The van der Waals surface area contributed by atoms with Gasteiger partial charge in [0.15, 0.2) is 5.16 Å². The van der Waals surface area contributed by atoms with Gasteiger partial charge in [0, 0.05) is 10.9 Å². The fourth-order valence-corrected chi connectivity index (χ4v) is 5.05. The Morgan fingerprint density at radius 3 is 2.69 bits per heavy atom. The van der Waals surface area contributed by atoms with Crippen molar-refractivity contribution in [2.45, 2.75) is 62.9 Å². The minimum absolute atomic E-state index is 0.0592. The number of nitrogens with zero attached hydrogens (tertiary/aromatic N) is 1. The normalized spacial score (nSPS) is 14.9. The number of hydrogen-bond donors (Lipinski definition) is 3. The zero-order chi connectivity index (χ0) is 18.8. The first-order valence-corrected chi connectivity index (χ1v) is 10.4. The van der Waals surface area contributed by atoms with E-state index in [4.69, 9.17) is 0 Å². The lowest BCUT2D eigenvalue weighted by Gasteiger charge is -2.13. The van der Waals surface area contributed by atoms with Crippen LogP contribution in [0, 0.1) is 0 Å². The number of thioether (sulfide) groups is 1. The summed E-state index contributed by atoms with van der Waals surface area (Å²) in [4.78, 5) is 45.6. The van der Waals surface area contributed by atoms with Gasteiger partial charge in [-0.05, 0) is 52.0 Å². The number of aryl methyl sites for hydroxylation is 2. The first kappa shape index (κ1) is 18.9. The van der Waals surface area contributed by atoms with Crippen molar-refractivity contribution in [3.05, 3.63) is 20.8 Å². The summed E-state index contributed by atoms with van der Waals surface area (Å²) in [6.45, 7) is 5.30. The SMILES string of the molecule is CC(C)NC(=O)NC(=O)C(C)Sc1nc2sc3c(c2c(=O)[nH]1)CCCC3. The smallest absolute Gasteiger partial charge is 0.321 e. The van der Waals surface area contributed by atoms with E-state index < -0.39 is 17.2 Å². The van der Waals surface area contributed by atoms with Gasteiger partial charge in [0.2, 0.25) is 5.91 Å². The topological polar surface area (TPSA) is 104 Å². The quantitative estimate of drug-likeness (QED) is 0.546. The van der Waals surface area contributed by atoms with E-state index in [-0.39, 0.29) is 11.6 Å². The van der Waals surface area contributed by atoms with Crippen LogP contribution in [0.5, 0.6) is 0 Å². The first-order chi connectivity index (χ1) is 12.3. The van der Waals surface area contributed by atoms with E-state index in [1.54, 1.807) is 18.3 Å². The summed E-state index contributed by atoms with van der Waals surface area (Å²) in [7, 11) is 0. The molecule has 2 aromatic rings. The summed E-state index contributed by atoms with van der Waals surface area (Å²) in [5.74, 6) is -0.429. The van der Waals surface area contributed by atoms with Gasteiger partial charge in [0.1, 0.15) is 4.83 Å². The lowest BCUT2D eigenvalue weighted by molar-refractivity contribution is -0.119. The number of carbonyl (C=O) groups is 2. The third-order valence-corrected chi connectivity index (χ3v) is 6.29. The molecule has 140 valence electrons. The number of rotatable bonds is 4. The molecule has 2 heterocycles. The lowest BCUT2D eigenvalue weighted by atomic mass is 9.97. The fourth-order valence-electron chi connectivity index (χ4n) is 2.93. The molecule has 3 amide bonds. The Balaban J connectivity index is 1.75. The Morgan fingerprint density at radius 2 is 1.96 bits per heavy atom. The highest BCUT2D eigenvalue weighted by Gasteiger charge is 2.22. The number of imide groups is 1. The minimum Gasteiger partial charge on any atom is -0.336 e. The molecule has 1 unspecified atom stereocenters. The number of urea groups is 1. The molecule has 1 aliphatic rings. The van der Waals surface area contributed by atoms with Crippen molar-refractivity contribution in [3.8, 4) is 0 Å². The second-order valence-electron chi connectivity index (χ2n) is 6.64. The number of aromatic amines is 1. The number of aromatic nitrogens is 2. The number of thiophene rings is 1. The number of nitrogens with one attached hydrogen (secondary N) is 3. The molecule has 7 nitrogen and oxygen atoms in total. The van der Waals surface area contributed by atoms with Gasteiger partial charge in [-0.25, -0.2) is 9.78 Å². The molecule has 9 heteroatoms. The van der Waals surface area contributed by atoms with Gasteiger partial charge in [-0.1, -0.05) is 11.8 Å². The maximum atomic E-state index is 12.5. The van der Waals surface area contributed by atoms with Crippen molar-refractivity contribution in [2.24, 2.45) is 0 Å². The van der Waals surface area contributed by atoms with E-state index >= 15 is 0 Å². The number of H-pyrrole nitrogens is 1. The summed E-state index contributed by atoms with van der Waals surface area (Å²) in [6, 6.07) is -0.587. The molecule has 0 aliphatic heterocycles. The third-order valence-electron chi connectivity index (χ3n) is 4.12. The summed E-state index contributed by atoms with van der Waals surface area (Å²) < 4.78 is 0. The first-order valence-electron chi connectivity index (χ1n) is 8.67. The molecule has 2 aromatic heterocycles. The molecule has 3 N–H and O–H groups in total. The Kier molecular flexibility index (Phi) is 5.67. The molecule has 0 fully saturated rings. The molecule has 26 heavy (non-hydrogen) atoms. The molecule has 0 saturated heterocycles. The molecule has 0 aromatic carbocycles. The molecule has 3 rings (SSSR count). The van der Waals surface area contributed by atoms with Crippen LogP contribution in [0.25, 0.3) is 10.2 Å².